The van der Waals surface area contributed by atoms with Crippen LogP contribution < -0.4 is 15.5 Å². The Labute approximate surface area is 152 Å². The molecule has 2 amide bonds. The first-order valence-electron chi connectivity index (χ1n) is 8.53. The molecule has 0 saturated heterocycles. The molecule has 1 aliphatic heterocycles. The maximum atomic E-state index is 12.1. The third kappa shape index (κ3) is 4.02. The van der Waals surface area contributed by atoms with Gasteiger partial charge in [0.15, 0.2) is 0 Å². The predicted molar refractivity (Wildman–Crippen MR) is 101 cm³/mol. The van der Waals surface area contributed by atoms with Crippen LogP contribution in [0.25, 0.3) is 0 Å². The molecule has 0 fully saturated rings. The summed E-state index contributed by atoms with van der Waals surface area (Å²) in [7, 11) is 0. The molecule has 1 aromatic heterocycles. The molecule has 1 aliphatic rings. The first-order valence-corrected chi connectivity index (χ1v) is 9.41. The first-order chi connectivity index (χ1) is 12.1. The molecule has 2 aromatic rings. The number of para-hydroxylation sites is 1. The normalized spacial score (nSPS) is 14.3. The van der Waals surface area contributed by atoms with Crippen LogP contribution in [-0.2, 0) is 16.0 Å². The largest absolute Gasteiger partial charge is 0.361 e. The third-order valence-corrected chi connectivity index (χ3v) is 5.23. The Morgan fingerprint density at radius 3 is 2.68 bits per heavy atom. The van der Waals surface area contributed by atoms with E-state index in [4.69, 9.17) is 0 Å². The molecule has 3 rings (SSSR count). The number of benzene rings is 1. The van der Waals surface area contributed by atoms with E-state index >= 15 is 0 Å². The predicted octanol–water partition coefficient (Wildman–Crippen LogP) is 2.49. The van der Waals surface area contributed by atoms with Crippen LogP contribution in [0.5, 0.6) is 0 Å². The Morgan fingerprint density at radius 2 is 1.96 bits per heavy atom. The van der Waals surface area contributed by atoms with Crippen LogP contribution in [0.3, 0.4) is 0 Å². The van der Waals surface area contributed by atoms with E-state index in [2.05, 4.69) is 39.8 Å². The van der Waals surface area contributed by atoms with Crippen molar-refractivity contribution in [2.45, 2.75) is 32.4 Å². The van der Waals surface area contributed by atoms with E-state index in [1.807, 2.05) is 31.4 Å². The summed E-state index contributed by atoms with van der Waals surface area (Å²) < 4.78 is 0. The number of anilines is 1. The Bertz CT molecular complexity index is 743. The zero-order valence-corrected chi connectivity index (χ0v) is 15.3. The minimum absolute atomic E-state index is 0.0273. The summed E-state index contributed by atoms with van der Waals surface area (Å²) in [5.74, 6) is -1.16. The van der Waals surface area contributed by atoms with Gasteiger partial charge in [0.05, 0.1) is 6.04 Å². The fourth-order valence-corrected chi connectivity index (χ4v) is 3.97. The first kappa shape index (κ1) is 17.5. The van der Waals surface area contributed by atoms with Crippen LogP contribution in [0, 0.1) is 0 Å². The third-order valence-electron chi connectivity index (χ3n) is 4.25. The molecule has 132 valence electrons. The second-order valence-electron chi connectivity index (χ2n) is 6.44. The van der Waals surface area contributed by atoms with Gasteiger partial charge in [0.2, 0.25) is 0 Å². The highest BCUT2D eigenvalue weighted by Gasteiger charge is 2.28. The van der Waals surface area contributed by atoms with Gasteiger partial charge in [0.1, 0.15) is 0 Å². The van der Waals surface area contributed by atoms with E-state index in [1.165, 1.54) is 16.1 Å². The van der Waals surface area contributed by atoms with Gasteiger partial charge in [0, 0.05) is 29.7 Å². The number of carbonyl (C=O) groups is 2. The van der Waals surface area contributed by atoms with Crippen molar-refractivity contribution in [1.29, 1.82) is 0 Å². The average Bonchev–Trinajstić information content (AvgIpc) is 3.25. The van der Waals surface area contributed by atoms with Crippen molar-refractivity contribution < 1.29 is 9.59 Å². The zero-order chi connectivity index (χ0) is 17.8. The summed E-state index contributed by atoms with van der Waals surface area (Å²) in [5.41, 5.74) is 2.54. The van der Waals surface area contributed by atoms with E-state index in [1.54, 1.807) is 11.3 Å². The molecule has 0 radical (unpaired) electrons. The van der Waals surface area contributed by atoms with Gasteiger partial charge in [-0.15, -0.1) is 11.3 Å². The van der Waals surface area contributed by atoms with Crippen molar-refractivity contribution >= 4 is 28.8 Å². The summed E-state index contributed by atoms with van der Waals surface area (Å²) in [6, 6.07) is 12.4. The minimum atomic E-state index is -0.582. The molecule has 2 N–H and O–H groups in total. The molecule has 0 aliphatic carbocycles. The number of fused-ring (bicyclic) bond motifs is 1. The highest BCUT2D eigenvalue weighted by molar-refractivity contribution is 7.10. The van der Waals surface area contributed by atoms with Gasteiger partial charge in [-0.1, -0.05) is 24.3 Å². The van der Waals surface area contributed by atoms with E-state index in [9.17, 15) is 9.59 Å². The van der Waals surface area contributed by atoms with E-state index in [0.29, 0.717) is 6.54 Å². The van der Waals surface area contributed by atoms with Crippen molar-refractivity contribution in [3.63, 3.8) is 0 Å². The molecule has 5 nitrogen and oxygen atoms in total. The smallest absolute Gasteiger partial charge is 0.309 e. The summed E-state index contributed by atoms with van der Waals surface area (Å²) in [6.07, 6.45) is 1.000. The molecular weight excluding hydrogens is 334 g/mol. The maximum absolute atomic E-state index is 12.1. The number of thiophene rings is 1. The lowest BCUT2D eigenvalue weighted by Gasteiger charge is -2.30. The van der Waals surface area contributed by atoms with Crippen molar-refractivity contribution in [2.24, 2.45) is 0 Å². The van der Waals surface area contributed by atoms with Gasteiger partial charge in [0.25, 0.3) is 0 Å². The fourth-order valence-electron chi connectivity index (χ4n) is 3.13. The molecule has 1 atom stereocenters. The minimum Gasteiger partial charge on any atom is -0.361 e. The lowest BCUT2D eigenvalue weighted by atomic mass is 10.1. The SMILES string of the molecule is CC(C)NC(=O)C(=O)NC[C@@H](c1cccs1)N1CCc2ccccc21. The standard InChI is InChI=1S/C19H23N3O2S/c1-13(2)21-19(24)18(23)20-12-16(17-8-5-11-25-17)22-10-9-14-6-3-4-7-15(14)22/h3-8,11,13,16H,9-10,12H2,1-2H3,(H,20,23)(H,21,24)/t16-/m0/s1. The van der Waals surface area contributed by atoms with E-state index in [0.717, 1.165) is 13.0 Å². The highest BCUT2D eigenvalue weighted by Crippen LogP contribution is 2.36. The number of carbonyl (C=O) groups excluding carboxylic acids is 2. The summed E-state index contributed by atoms with van der Waals surface area (Å²) in [4.78, 5) is 27.4. The second-order valence-corrected chi connectivity index (χ2v) is 7.42. The lowest BCUT2D eigenvalue weighted by Crippen LogP contribution is -2.45. The Kier molecular flexibility index (Phi) is 5.38. The molecule has 0 unspecified atom stereocenters. The molecule has 2 heterocycles. The van der Waals surface area contributed by atoms with Crippen LogP contribution in [0.15, 0.2) is 41.8 Å². The van der Waals surface area contributed by atoms with Crippen LogP contribution in [0.4, 0.5) is 5.69 Å². The number of rotatable bonds is 5. The van der Waals surface area contributed by atoms with Gasteiger partial charge < -0.3 is 15.5 Å². The van der Waals surface area contributed by atoms with Crippen LogP contribution in [-0.4, -0.2) is 30.9 Å². The molecule has 1 aromatic carbocycles. The van der Waals surface area contributed by atoms with Crippen LogP contribution in [0.1, 0.15) is 30.3 Å². The van der Waals surface area contributed by atoms with Gasteiger partial charge in [-0.2, -0.15) is 0 Å². The van der Waals surface area contributed by atoms with E-state index < -0.39 is 11.8 Å². The summed E-state index contributed by atoms with van der Waals surface area (Å²) >= 11 is 1.67. The molecule has 6 heteroatoms. The number of amides is 2. The van der Waals surface area contributed by atoms with Gasteiger partial charge in [-0.05, 0) is 43.3 Å². The van der Waals surface area contributed by atoms with Crippen LogP contribution in [0.2, 0.25) is 0 Å². The zero-order valence-electron chi connectivity index (χ0n) is 14.5. The van der Waals surface area contributed by atoms with E-state index in [-0.39, 0.29) is 12.1 Å². The van der Waals surface area contributed by atoms with Gasteiger partial charge >= 0.3 is 11.8 Å². The average molecular weight is 357 g/mol. The topological polar surface area (TPSA) is 61.4 Å². The Hall–Kier alpha value is -2.34. The van der Waals surface area contributed by atoms with Crippen molar-refractivity contribution in [3.05, 3.63) is 52.2 Å². The Morgan fingerprint density at radius 1 is 1.16 bits per heavy atom. The second kappa shape index (κ2) is 7.70. The number of nitrogens with one attached hydrogen (secondary N) is 2. The lowest BCUT2D eigenvalue weighted by molar-refractivity contribution is -0.139. The fraction of sp³-hybridized carbons (Fsp3) is 0.368. The number of hydrogen-bond donors (Lipinski definition) is 2. The van der Waals surface area contributed by atoms with Crippen molar-refractivity contribution in [3.8, 4) is 0 Å². The molecule has 0 bridgehead atoms. The number of hydrogen-bond acceptors (Lipinski definition) is 4. The summed E-state index contributed by atoms with van der Waals surface area (Å²) in [5, 5.41) is 7.46. The monoisotopic (exact) mass is 357 g/mol. The van der Waals surface area contributed by atoms with Crippen molar-refractivity contribution in [2.75, 3.05) is 18.0 Å². The molecule has 25 heavy (non-hydrogen) atoms. The molecule has 0 saturated carbocycles. The Balaban J connectivity index is 1.74. The molecule has 0 spiro atoms. The van der Waals surface area contributed by atoms with Gasteiger partial charge in [-0.25, -0.2) is 0 Å². The molecular formula is C19H23N3O2S. The highest BCUT2D eigenvalue weighted by atomic mass is 32.1. The van der Waals surface area contributed by atoms with Crippen molar-refractivity contribution in [1.82, 2.24) is 10.6 Å². The summed E-state index contributed by atoms with van der Waals surface area (Å²) in [6.45, 7) is 4.98. The maximum Gasteiger partial charge on any atom is 0.309 e. The van der Waals surface area contributed by atoms with Gasteiger partial charge in [-0.3, -0.25) is 9.59 Å². The quantitative estimate of drug-likeness (QED) is 0.808. The van der Waals surface area contributed by atoms with Crippen LogP contribution >= 0.6 is 11.3 Å². The number of nitrogens with zero attached hydrogens (tertiary/aromatic N) is 1.